The van der Waals surface area contributed by atoms with Gasteiger partial charge in [0, 0.05) is 5.10 Å². The molecule has 7 nitrogen and oxygen atoms in total. The molecule has 5 N–H and O–H groups in total. The first-order chi connectivity index (χ1) is 10.9. The molecular formula is C15H17N4O3S+. The number of hydrogen-bond donors (Lipinski definition) is 3. The number of aryl methyl sites for hydroxylation is 1. The van der Waals surface area contributed by atoms with Gasteiger partial charge in [-0.25, -0.2) is 0 Å². The Morgan fingerprint density at radius 2 is 1.78 bits per heavy atom. The average molecular weight is 333 g/mol. The van der Waals surface area contributed by atoms with E-state index in [1.165, 1.54) is 24.4 Å². The molecule has 0 radical (unpaired) electrons. The minimum atomic E-state index is -3.93. The van der Waals surface area contributed by atoms with Crippen LogP contribution in [0.15, 0.2) is 58.5 Å². The van der Waals surface area contributed by atoms with Crippen LogP contribution >= 0.6 is 0 Å². The van der Waals surface area contributed by atoms with Crippen LogP contribution in [0.5, 0.6) is 5.75 Å². The van der Waals surface area contributed by atoms with E-state index >= 15 is 0 Å². The highest BCUT2D eigenvalue weighted by Crippen LogP contribution is 2.21. The number of hydrazone groups is 1. The number of nitrogens with two attached hydrogens (primary N) is 2. The van der Waals surface area contributed by atoms with Crippen molar-refractivity contribution < 1.29 is 17.7 Å². The highest BCUT2D eigenvalue weighted by molar-refractivity contribution is 7.87. The van der Waals surface area contributed by atoms with Crippen LogP contribution in [0.3, 0.4) is 0 Å². The van der Waals surface area contributed by atoms with E-state index in [-0.39, 0.29) is 16.6 Å². The first-order valence-electron chi connectivity index (χ1n) is 6.66. The molecule has 8 heteroatoms. The summed E-state index contributed by atoms with van der Waals surface area (Å²) < 4.78 is 29.9. The van der Waals surface area contributed by atoms with Crippen LogP contribution in [-0.2, 0) is 10.1 Å². The second-order valence-electron chi connectivity index (χ2n) is 4.70. The molecule has 120 valence electrons. The lowest BCUT2D eigenvalue weighted by Gasteiger charge is -2.08. The van der Waals surface area contributed by atoms with Gasteiger partial charge in [-0.2, -0.15) is 8.42 Å². The van der Waals surface area contributed by atoms with Gasteiger partial charge in [0.1, 0.15) is 4.90 Å². The summed E-state index contributed by atoms with van der Waals surface area (Å²) in [6.07, 6.45) is 1.43. The Bertz CT molecular complexity index is 839. The summed E-state index contributed by atoms with van der Waals surface area (Å²) in [5.41, 5.74) is 11.8. The Balaban J connectivity index is 2.31. The van der Waals surface area contributed by atoms with Crippen molar-refractivity contribution in [2.24, 2.45) is 16.6 Å². The summed E-state index contributed by atoms with van der Waals surface area (Å²) in [6, 6.07) is 13.0. The van der Waals surface area contributed by atoms with E-state index < -0.39 is 10.1 Å². The summed E-state index contributed by atoms with van der Waals surface area (Å²) in [6.45, 7) is 1.87. The van der Waals surface area contributed by atoms with Gasteiger partial charge in [-0.3, -0.25) is 0 Å². The third-order valence-electron chi connectivity index (χ3n) is 2.84. The van der Waals surface area contributed by atoms with Gasteiger partial charge in [0.05, 0.1) is 5.56 Å². The molecular weight excluding hydrogens is 316 g/mol. The largest absolute Gasteiger partial charge is 0.378 e. The van der Waals surface area contributed by atoms with E-state index in [4.69, 9.17) is 15.7 Å². The molecule has 0 spiro atoms. The van der Waals surface area contributed by atoms with Crippen LogP contribution in [-0.4, -0.2) is 20.6 Å². The van der Waals surface area contributed by atoms with Crippen molar-refractivity contribution in [3.63, 3.8) is 0 Å². The zero-order valence-corrected chi connectivity index (χ0v) is 13.2. The molecule has 2 rings (SSSR count). The molecule has 2 aromatic rings. The van der Waals surface area contributed by atoms with Crippen molar-refractivity contribution in [1.29, 1.82) is 0 Å². The molecule has 0 aliphatic rings. The molecule has 0 amide bonds. The Kier molecular flexibility index (Phi) is 4.97. The number of para-hydroxylation sites is 1. The van der Waals surface area contributed by atoms with Crippen LogP contribution in [0.1, 0.15) is 11.1 Å². The minimum Gasteiger partial charge on any atom is -0.378 e. The molecule has 0 aliphatic heterocycles. The number of guanidine groups is 1. The van der Waals surface area contributed by atoms with E-state index in [1.807, 2.05) is 6.92 Å². The van der Waals surface area contributed by atoms with E-state index in [9.17, 15) is 8.42 Å². The fourth-order valence-electron chi connectivity index (χ4n) is 1.72. The van der Waals surface area contributed by atoms with Crippen LogP contribution in [0, 0.1) is 6.92 Å². The van der Waals surface area contributed by atoms with Crippen molar-refractivity contribution in [3.8, 4) is 5.75 Å². The van der Waals surface area contributed by atoms with Gasteiger partial charge in [0.25, 0.3) is 5.96 Å². The van der Waals surface area contributed by atoms with Gasteiger partial charge in [0.2, 0.25) is 6.21 Å². The van der Waals surface area contributed by atoms with Crippen LogP contribution < -0.4 is 20.8 Å². The zero-order valence-electron chi connectivity index (χ0n) is 12.4. The highest BCUT2D eigenvalue weighted by Gasteiger charge is 2.18. The molecule has 0 bridgehead atoms. The quantitative estimate of drug-likeness (QED) is 0.293. The number of nitrogens with zero attached hydrogens (tertiary/aromatic N) is 1. The van der Waals surface area contributed by atoms with Gasteiger partial charge in [-0.1, -0.05) is 29.8 Å². The van der Waals surface area contributed by atoms with Crippen molar-refractivity contribution in [2.45, 2.75) is 11.8 Å². The Hall–Kier alpha value is -2.87. The van der Waals surface area contributed by atoms with Crippen molar-refractivity contribution >= 4 is 22.3 Å². The van der Waals surface area contributed by atoms with Gasteiger partial charge in [0.15, 0.2) is 5.75 Å². The van der Waals surface area contributed by atoms with E-state index in [0.717, 1.165) is 5.56 Å². The fourth-order valence-corrected chi connectivity index (χ4v) is 2.68. The Morgan fingerprint density at radius 3 is 2.43 bits per heavy atom. The maximum atomic E-state index is 12.3. The monoisotopic (exact) mass is 333 g/mol. The minimum absolute atomic E-state index is 0.0788. The second-order valence-corrected chi connectivity index (χ2v) is 6.24. The van der Waals surface area contributed by atoms with Gasteiger partial charge in [-0.05, 0) is 31.2 Å². The highest BCUT2D eigenvalue weighted by atomic mass is 32.2. The lowest BCUT2D eigenvalue weighted by molar-refractivity contribution is -0.456. The third kappa shape index (κ3) is 4.55. The lowest BCUT2D eigenvalue weighted by Crippen LogP contribution is -2.63. The summed E-state index contributed by atoms with van der Waals surface area (Å²) >= 11 is 0. The van der Waals surface area contributed by atoms with Crippen LogP contribution in [0.25, 0.3) is 0 Å². The van der Waals surface area contributed by atoms with Crippen molar-refractivity contribution in [3.05, 3.63) is 59.7 Å². The first kappa shape index (κ1) is 16.5. The SMILES string of the molecule is Cc1ccc(S(=O)(=O)Oc2ccccc2/C=[NH+]/N=C(N)N)cc1. The molecule has 23 heavy (non-hydrogen) atoms. The maximum absolute atomic E-state index is 12.3. The lowest BCUT2D eigenvalue weighted by atomic mass is 10.2. The maximum Gasteiger partial charge on any atom is 0.339 e. The van der Waals surface area contributed by atoms with E-state index in [1.54, 1.807) is 30.3 Å². The van der Waals surface area contributed by atoms with Crippen LogP contribution in [0.2, 0.25) is 0 Å². The Morgan fingerprint density at radius 1 is 1.13 bits per heavy atom. The normalized spacial score (nSPS) is 11.3. The van der Waals surface area contributed by atoms with Gasteiger partial charge >= 0.3 is 10.1 Å². The number of nitrogens with one attached hydrogen (secondary N) is 1. The first-order valence-corrected chi connectivity index (χ1v) is 8.07. The topological polar surface area (TPSA) is 122 Å². The summed E-state index contributed by atoms with van der Waals surface area (Å²) in [5, 5.41) is 6.10. The van der Waals surface area contributed by atoms with E-state index in [2.05, 4.69) is 10.2 Å². The molecule has 0 aromatic heterocycles. The second kappa shape index (κ2) is 6.93. The predicted octanol–water partition coefficient (Wildman–Crippen LogP) is -0.549. The van der Waals surface area contributed by atoms with Crippen molar-refractivity contribution in [2.75, 3.05) is 0 Å². The van der Waals surface area contributed by atoms with Crippen molar-refractivity contribution in [1.82, 2.24) is 0 Å². The summed E-state index contributed by atoms with van der Waals surface area (Å²) in [7, 11) is -3.93. The summed E-state index contributed by atoms with van der Waals surface area (Å²) in [5.74, 6) is 0.0123. The molecule has 2 aromatic carbocycles. The van der Waals surface area contributed by atoms with Gasteiger partial charge in [-0.15, -0.1) is 5.10 Å². The Labute approximate surface area is 134 Å². The van der Waals surface area contributed by atoms with Crippen LogP contribution in [0.4, 0.5) is 0 Å². The average Bonchev–Trinajstić information content (AvgIpc) is 2.49. The zero-order chi connectivity index (χ0) is 16.9. The molecule has 0 saturated carbocycles. The predicted molar refractivity (Wildman–Crippen MR) is 87.4 cm³/mol. The fraction of sp³-hybridized carbons (Fsp3) is 0.0667. The number of hydrogen-bond acceptors (Lipinski definition) is 4. The van der Waals surface area contributed by atoms with Gasteiger partial charge < -0.3 is 15.7 Å². The molecule has 0 fully saturated rings. The molecule has 0 aliphatic carbocycles. The number of rotatable bonds is 5. The molecule has 0 saturated heterocycles. The number of benzene rings is 2. The molecule has 0 unspecified atom stereocenters. The smallest absolute Gasteiger partial charge is 0.339 e. The molecule has 0 atom stereocenters. The molecule has 0 heterocycles. The summed E-state index contributed by atoms with van der Waals surface area (Å²) in [4.78, 5) is 0.0788. The van der Waals surface area contributed by atoms with E-state index in [0.29, 0.717) is 5.56 Å². The third-order valence-corrected chi connectivity index (χ3v) is 4.09. The standard InChI is InChI=1S/C15H16N4O3S/c1-11-6-8-13(9-7-11)23(20,21)22-14-5-3-2-4-12(14)10-18-19-15(16)17/h2-10H,1H3,(H4,16,17,19)/p+1/b18-10+.